The SMILES string of the molecule is CC(=O)OC1=C2C3=COCC=C3C=CC2C2=CC=CC2=C1. The van der Waals surface area contributed by atoms with Crippen LogP contribution in [0, 0.1) is 5.92 Å². The van der Waals surface area contributed by atoms with Gasteiger partial charge in [0.1, 0.15) is 12.4 Å². The van der Waals surface area contributed by atoms with E-state index in [9.17, 15) is 4.79 Å². The fraction of sp³-hybridized carbons (Fsp3) is 0.167. The highest BCUT2D eigenvalue weighted by atomic mass is 16.5. The molecule has 3 heteroatoms. The zero-order valence-electron chi connectivity index (χ0n) is 11.6. The van der Waals surface area contributed by atoms with Gasteiger partial charge in [-0.2, -0.15) is 0 Å². The third-order valence-electron chi connectivity index (χ3n) is 4.01. The number of carbonyl (C=O) groups is 1. The number of rotatable bonds is 1. The van der Waals surface area contributed by atoms with E-state index >= 15 is 0 Å². The summed E-state index contributed by atoms with van der Waals surface area (Å²) >= 11 is 0. The Bertz CT molecular complexity index is 751. The highest BCUT2D eigenvalue weighted by molar-refractivity contribution is 5.73. The van der Waals surface area contributed by atoms with Gasteiger partial charge in [-0.3, -0.25) is 4.79 Å². The van der Waals surface area contributed by atoms with E-state index in [1.54, 1.807) is 6.26 Å². The lowest BCUT2D eigenvalue weighted by Gasteiger charge is -2.32. The Hall–Kier alpha value is -2.55. The Balaban J connectivity index is 1.93. The average molecular weight is 278 g/mol. The van der Waals surface area contributed by atoms with Crippen molar-refractivity contribution in [2.45, 2.75) is 6.92 Å². The van der Waals surface area contributed by atoms with Crippen LogP contribution in [0.1, 0.15) is 6.92 Å². The summed E-state index contributed by atoms with van der Waals surface area (Å²) in [6.07, 6.45) is 16.2. The van der Waals surface area contributed by atoms with Gasteiger partial charge in [0.25, 0.3) is 0 Å². The Labute approximate surface area is 122 Å². The van der Waals surface area contributed by atoms with E-state index in [0.29, 0.717) is 12.4 Å². The van der Waals surface area contributed by atoms with Crippen LogP contribution in [0.15, 0.2) is 82.4 Å². The summed E-state index contributed by atoms with van der Waals surface area (Å²) in [6.45, 7) is 2.01. The monoisotopic (exact) mass is 278 g/mol. The third-order valence-corrected chi connectivity index (χ3v) is 4.01. The fourth-order valence-electron chi connectivity index (χ4n) is 3.15. The topological polar surface area (TPSA) is 35.5 Å². The van der Waals surface area contributed by atoms with Crippen LogP contribution in [-0.2, 0) is 14.3 Å². The molecule has 1 heterocycles. The largest absolute Gasteiger partial charge is 0.496 e. The number of hydrogen-bond donors (Lipinski definition) is 0. The number of fused-ring (bicyclic) bond motifs is 5. The van der Waals surface area contributed by atoms with Crippen molar-refractivity contribution in [1.29, 1.82) is 0 Å². The molecule has 21 heavy (non-hydrogen) atoms. The van der Waals surface area contributed by atoms with E-state index < -0.39 is 0 Å². The van der Waals surface area contributed by atoms with Gasteiger partial charge in [0, 0.05) is 24.0 Å². The van der Waals surface area contributed by atoms with Crippen LogP contribution in [0.5, 0.6) is 0 Å². The van der Waals surface area contributed by atoms with Crippen molar-refractivity contribution in [2.24, 2.45) is 5.92 Å². The van der Waals surface area contributed by atoms with Crippen molar-refractivity contribution in [1.82, 2.24) is 0 Å². The van der Waals surface area contributed by atoms with E-state index in [0.717, 1.165) is 22.3 Å². The van der Waals surface area contributed by atoms with Crippen LogP contribution >= 0.6 is 0 Å². The van der Waals surface area contributed by atoms with Crippen molar-refractivity contribution < 1.29 is 14.3 Å². The molecule has 0 saturated carbocycles. The Kier molecular flexibility index (Phi) is 2.61. The van der Waals surface area contributed by atoms with Gasteiger partial charge in [-0.25, -0.2) is 0 Å². The predicted molar refractivity (Wildman–Crippen MR) is 78.8 cm³/mol. The van der Waals surface area contributed by atoms with Gasteiger partial charge in [-0.15, -0.1) is 0 Å². The van der Waals surface area contributed by atoms with Gasteiger partial charge in [0.05, 0.1) is 6.26 Å². The molecule has 0 fully saturated rings. The van der Waals surface area contributed by atoms with E-state index in [1.165, 1.54) is 12.5 Å². The fourth-order valence-corrected chi connectivity index (χ4v) is 3.15. The van der Waals surface area contributed by atoms with Crippen LogP contribution in [0.2, 0.25) is 0 Å². The van der Waals surface area contributed by atoms with Crippen LogP contribution < -0.4 is 0 Å². The molecule has 0 spiro atoms. The summed E-state index contributed by atoms with van der Waals surface area (Å²) in [5.41, 5.74) is 5.49. The van der Waals surface area contributed by atoms with E-state index in [4.69, 9.17) is 9.47 Å². The molecule has 0 saturated heterocycles. The first-order valence-electron chi connectivity index (χ1n) is 6.98. The predicted octanol–water partition coefficient (Wildman–Crippen LogP) is 3.27. The molecular formula is C18H14O3. The molecule has 0 aromatic rings. The molecule has 3 aliphatic carbocycles. The number of carbonyl (C=O) groups excluding carboxylic acids is 1. The second-order valence-electron chi connectivity index (χ2n) is 5.31. The summed E-state index contributed by atoms with van der Waals surface area (Å²) in [6, 6.07) is 0. The molecule has 1 unspecified atom stereocenters. The van der Waals surface area contributed by atoms with Crippen LogP contribution in [-0.4, -0.2) is 12.6 Å². The summed E-state index contributed by atoms with van der Waals surface area (Å²) in [5, 5.41) is 0. The van der Waals surface area contributed by atoms with Crippen molar-refractivity contribution in [3.63, 3.8) is 0 Å². The minimum absolute atomic E-state index is 0.111. The van der Waals surface area contributed by atoms with Crippen molar-refractivity contribution in [3.8, 4) is 0 Å². The first kappa shape index (κ1) is 12.2. The van der Waals surface area contributed by atoms with Gasteiger partial charge < -0.3 is 9.47 Å². The average Bonchev–Trinajstić information content (AvgIpc) is 2.94. The quantitative estimate of drug-likeness (QED) is 0.691. The molecule has 0 radical (unpaired) electrons. The molecule has 1 atom stereocenters. The Morgan fingerprint density at radius 3 is 3.10 bits per heavy atom. The summed E-state index contributed by atoms with van der Waals surface area (Å²) in [4.78, 5) is 11.4. The molecule has 4 aliphatic rings. The normalized spacial score (nSPS) is 24.9. The lowest BCUT2D eigenvalue weighted by atomic mass is 9.74. The Morgan fingerprint density at radius 1 is 1.33 bits per heavy atom. The van der Waals surface area contributed by atoms with Crippen LogP contribution in [0.3, 0.4) is 0 Å². The number of hydrogen-bond acceptors (Lipinski definition) is 3. The molecule has 0 bridgehead atoms. The molecule has 3 nitrogen and oxygen atoms in total. The molecule has 0 amide bonds. The standard InChI is InChI=1S/C18H14O3/c1-11(19)21-17-9-13-3-2-4-14(13)15-6-5-12-7-8-20-10-16(12)18(15)17/h2-7,9-10,15H,8H2,1H3. The van der Waals surface area contributed by atoms with Gasteiger partial charge in [0.15, 0.2) is 0 Å². The smallest absolute Gasteiger partial charge is 0.308 e. The first-order valence-corrected chi connectivity index (χ1v) is 6.98. The molecule has 0 aromatic heterocycles. The molecular weight excluding hydrogens is 264 g/mol. The zero-order valence-corrected chi connectivity index (χ0v) is 11.6. The second kappa shape index (κ2) is 4.48. The van der Waals surface area contributed by atoms with Crippen LogP contribution in [0.4, 0.5) is 0 Å². The highest BCUT2D eigenvalue weighted by Crippen LogP contribution is 2.46. The minimum atomic E-state index is -0.306. The number of ether oxygens (including phenoxy) is 2. The van der Waals surface area contributed by atoms with Gasteiger partial charge in [0.2, 0.25) is 0 Å². The highest BCUT2D eigenvalue weighted by Gasteiger charge is 2.34. The maximum Gasteiger partial charge on any atom is 0.308 e. The zero-order chi connectivity index (χ0) is 14.4. The van der Waals surface area contributed by atoms with E-state index in [2.05, 4.69) is 18.2 Å². The lowest BCUT2D eigenvalue weighted by Crippen LogP contribution is -2.21. The maximum atomic E-state index is 11.4. The van der Waals surface area contributed by atoms with Gasteiger partial charge in [-0.05, 0) is 28.9 Å². The van der Waals surface area contributed by atoms with Gasteiger partial charge >= 0.3 is 5.97 Å². The molecule has 4 rings (SSSR count). The number of esters is 1. The van der Waals surface area contributed by atoms with Crippen molar-refractivity contribution in [2.75, 3.05) is 6.61 Å². The molecule has 1 aliphatic heterocycles. The molecule has 0 N–H and O–H groups in total. The Morgan fingerprint density at radius 2 is 2.24 bits per heavy atom. The summed E-state index contributed by atoms with van der Waals surface area (Å²) in [5.74, 6) is 0.428. The summed E-state index contributed by atoms with van der Waals surface area (Å²) < 4.78 is 10.9. The van der Waals surface area contributed by atoms with E-state index in [1.807, 2.05) is 24.3 Å². The maximum absolute atomic E-state index is 11.4. The van der Waals surface area contributed by atoms with Crippen molar-refractivity contribution in [3.05, 3.63) is 82.4 Å². The minimum Gasteiger partial charge on any atom is -0.496 e. The molecule has 0 aromatic carbocycles. The van der Waals surface area contributed by atoms with Gasteiger partial charge in [-0.1, -0.05) is 30.4 Å². The summed E-state index contributed by atoms with van der Waals surface area (Å²) in [7, 11) is 0. The van der Waals surface area contributed by atoms with Crippen LogP contribution in [0.25, 0.3) is 0 Å². The van der Waals surface area contributed by atoms with Crippen molar-refractivity contribution >= 4 is 5.97 Å². The number of allylic oxidation sites excluding steroid dienone is 11. The molecule has 104 valence electrons. The lowest BCUT2D eigenvalue weighted by molar-refractivity contribution is -0.136. The third kappa shape index (κ3) is 1.85. The second-order valence-corrected chi connectivity index (χ2v) is 5.31. The first-order chi connectivity index (χ1) is 10.2. The van der Waals surface area contributed by atoms with E-state index in [-0.39, 0.29) is 11.9 Å².